The fraction of sp³-hybridized carbons (Fsp3) is 0.867. The van der Waals surface area contributed by atoms with Gasteiger partial charge in [0.15, 0.2) is 5.96 Å². The first-order chi connectivity index (χ1) is 10.7. The minimum Gasteiger partial charge on any atom is -0.383 e. The molecule has 1 atom stereocenters. The van der Waals surface area contributed by atoms with Gasteiger partial charge in [0.2, 0.25) is 5.91 Å². The van der Waals surface area contributed by atoms with Crippen molar-refractivity contribution in [2.24, 2.45) is 10.9 Å². The summed E-state index contributed by atoms with van der Waals surface area (Å²) < 4.78 is 10.4. The van der Waals surface area contributed by atoms with Crippen LogP contribution in [0.15, 0.2) is 4.99 Å². The maximum atomic E-state index is 11.7. The smallest absolute Gasteiger partial charge is 0.241 e. The number of hydrogen-bond donors (Lipinski definition) is 2. The molecule has 1 heterocycles. The second-order valence-corrected chi connectivity index (χ2v) is 5.27. The highest BCUT2D eigenvalue weighted by atomic mass is 127. The van der Waals surface area contributed by atoms with Gasteiger partial charge in [-0.25, -0.2) is 4.99 Å². The number of ether oxygens (including phenoxy) is 2. The van der Waals surface area contributed by atoms with Crippen molar-refractivity contribution in [1.82, 2.24) is 15.5 Å². The van der Waals surface area contributed by atoms with Crippen LogP contribution in [0, 0.1) is 5.92 Å². The van der Waals surface area contributed by atoms with Gasteiger partial charge in [-0.05, 0) is 20.3 Å². The van der Waals surface area contributed by atoms with Crippen molar-refractivity contribution >= 4 is 35.8 Å². The third kappa shape index (κ3) is 9.31. The molecule has 0 saturated carbocycles. The molecule has 7 nitrogen and oxygen atoms in total. The molecule has 0 aromatic heterocycles. The Morgan fingerprint density at radius 2 is 2.13 bits per heavy atom. The van der Waals surface area contributed by atoms with Gasteiger partial charge in [-0.15, -0.1) is 24.0 Å². The lowest BCUT2D eigenvalue weighted by Crippen LogP contribution is -2.41. The first-order valence-electron chi connectivity index (χ1n) is 8.07. The van der Waals surface area contributed by atoms with E-state index in [4.69, 9.17) is 9.47 Å². The zero-order chi connectivity index (χ0) is 16.2. The second kappa shape index (κ2) is 13.8. The van der Waals surface area contributed by atoms with Crippen LogP contribution in [-0.2, 0) is 14.3 Å². The minimum atomic E-state index is -0.0856. The fourth-order valence-corrected chi connectivity index (χ4v) is 2.37. The van der Waals surface area contributed by atoms with Crippen LogP contribution in [0.3, 0.4) is 0 Å². The molecule has 23 heavy (non-hydrogen) atoms. The van der Waals surface area contributed by atoms with E-state index in [9.17, 15) is 4.79 Å². The van der Waals surface area contributed by atoms with Gasteiger partial charge in [0, 0.05) is 45.8 Å². The topological polar surface area (TPSA) is 75.2 Å². The molecule has 0 radical (unpaired) electrons. The maximum Gasteiger partial charge on any atom is 0.241 e. The molecule has 0 aliphatic carbocycles. The predicted octanol–water partition coefficient (Wildman–Crippen LogP) is 0.691. The molecule has 0 spiro atoms. The summed E-state index contributed by atoms with van der Waals surface area (Å²) in [6, 6.07) is 0. The number of rotatable bonds is 9. The Morgan fingerprint density at radius 3 is 2.78 bits per heavy atom. The summed E-state index contributed by atoms with van der Waals surface area (Å²) in [7, 11) is 1.61. The number of amides is 1. The predicted molar refractivity (Wildman–Crippen MR) is 102 cm³/mol. The molecule has 0 bridgehead atoms. The summed E-state index contributed by atoms with van der Waals surface area (Å²) in [5.74, 6) is 1.26. The summed E-state index contributed by atoms with van der Waals surface area (Å²) in [6.45, 7) is 9.43. The highest BCUT2D eigenvalue weighted by Crippen LogP contribution is 2.16. The fourth-order valence-electron chi connectivity index (χ4n) is 2.37. The first kappa shape index (κ1) is 22.4. The normalized spacial score (nSPS) is 17.8. The minimum absolute atomic E-state index is 0. The molecule has 8 heteroatoms. The van der Waals surface area contributed by atoms with Gasteiger partial charge in [0.25, 0.3) is 0 Å². The maximum absolute atomic E-state index is 11.7. The van der Waals surface area contributed by atoms with E-state index in [0.29, 0.717) is 19.1 Å². The Morgan fingerprint density at radius 1 is 1.35 bits per heavy atom. The summed E-state index contributed by atoms with van der Waals surface area (Å²) >= 11 is 0. The number of nitrogens with one attached hydrogen (secondary N) is 2. The number of halogens is 1. The SMILES string of the molecule is CCNC(=NCC(=O)NCCOC)N1CCC(COCC)C1.I. The van der Waals surface area contributed by atoms with E-state index in [-0.39, 0.29) is 36.4 Å². The Bertz CT molecular complexity index is 356. The van der Waals surface area contributed by atoms with Crippen LogP contribution in [-0.4, -0.2) is 76.4 Å². The van der Waals surface area contributed by atoms with Crippen molar-refractivity contribution in [3.8, 4) is 0 Å². The summed E-state index contributed by atoms with van der Waals surface area (Å²) in [4.78, 5) is 18.3. The molecule has 1 rings (SSSR count). The lowest BCUT2D eigenvalue weighted by molar-refractivity contribution is -0.119. The number of hydrogen-bond acceptors (Lipinski definition) is 4. The number of guanidine groups is 1. The molecule has 2 N–H and O–H groups in total. The van der Waals surface area contributed by atoms with Gasteiger partial charge in [0.05, 0.1) is 13.2 Å². The third-order valence-corrected chi connectivity index (χ3v) is 3.48. The van der Waals surface area contributed by atoms with Crippen LogP contribution in [0.2, 0.25) is 0 Å². The van der Waals surface area contributed by atoms with E-state index in [2.05, 4.69) is 20.5 Å². The molecule has 1 amide bonds. The number of likely N-dealkylation sites (tertiary alicyclic amines) is 1. The molecule has 1 fully saturated rings. The largest absolute Gasteiger partial charge is 0.383 e. The molecular formula is C15H31IN4O3. The first-order valence-corrected chi connectivity index (χ1v) is 8.07. The average Bonchev–Trinajstić information content (AvgIpc) is 2.98. The molecule has 0 aromatic carbocycles. The lowest BCUT2D eigenvalue weighted by atomic mass is 10.1. The zero-order valence-corrected chi connectivity index (χ0v) is 16.8. The Balaban J connectivity index is 0.00000484. The van der Waals surface area contributed by atoms with E-state index < -0.39 is 0 Å². The van der Waals surface area contributed by atoms with E-state index in [1.54, 1.807) is 7.11 Å². The number of carbonyl (C=O) groups is 1. The lowest BCUT2D eigenvalue weighted by Gasteiger charge is -2.21. The van der Waals surface area contributed by atoms with Crippen molar-refractivity contribution in [3.05, 3.63) is 0 Å². The van der Waals surface area contributed by atoms with Gasteiger partial charge < -0.3 is 25.0 Å². The molecule has 1 aliphatic heterocycles. The Hall–Kier alpha value is -0.610. The van der Waals surface area contributed by atoms with Crippen molar-refractivity contribution in [2.75, 3.05) is 59.7 Å². The number of nitrogens with zero attached hydrogens (tertiary/aromatic N) is 2. The Labute approximate surface area is 156 Å². The van der Waals surface area contributed by atoms with E-state index in [1.807, 2.05) is 13.8 Å². The zero-order valence-electron chi connectivity index (χ0n) is 14.5. The second-order valence-electron chi connectivity index (χ2n) is 5.27. The molecule has 1 aliphatic rings. The highest BCUT2D eigenvalue weighted by molar-refractivity contribution is 14.0. The van der Waals surface area contributed by atoms with Gasteiger partial charge in [-0.1, -0.05) is 0 Å². The van der Waals surface area contributed by atoms with Crippen LogP contribution in [0.5, 0.6) is 0 Å². The number of carbonyl (C=O) groups excluding carboxylic acids is 1. The third-order valence-electron chi connectivity index (χ3n) is 3.48. The van der Waals surface area contributed by atoms with Crippen LogP contribution in [0.25, 0.3) is 0 Å². The standard InChI is InChI=1S/C15H30N4O3.HI/c1-4-16-15(18-10-14(20)17-7-9-21-3)19-8-6-13(11-19)12-22-5-2;/h13H,4-12H2,1-3H3,(H,16,18)(H,17,20);1H. The van der Waals surface area contributed by atoms with E-state index >= 15 is 0 Å². The van der Waals surface area contributed by atoms with Gasteiger partial charge in [-0.3, -0.25) is 4.79 Å². The number of methoxy groups -OCH3 is 1. The van der Waals surface area contributed by atoms with Crippen LogP contribution < -0.4 is 10.6 Å². The molecule has 1 unspecified atom stereocenters. The van der Waals surface area contributed by atoms with Gasteiger partial charge >= 0.3 is 0 Å². The quantitative estimate of drug-likeness (QED) is 0.238. The van der Waals surface area contributed by atoms with Crippen LogP contribution in [0.4, 0.5) is 0 Å². The van der Waals surface area contributed by atoms with Crippen molar-refractivity contribution in [3.63, 3.8) is 0 Å². The Kier molecular flexibility index (Phi) is 13.4. The van der Waals surface area contributed by atoms with Crippen LogP contribution >= 0.6 is 24.0 Å². The van der Waals surface area contributed by atoms with Gasteiger partial charge in [0.1, 0.15) is 6.54 Å². The van der Waals surface area contributed by atoms with E-state index in [1.165, 1.54) is 0 Å². The monoisotopic (exact) mass is 442 g/mol. The number of aliphatic imine (C=N–C) groups is 1. The molecular weight excluding hydrogens is 411 g/mol. The van der Waals surface area contributed by atoms with Gasteiger partial charge in [-0.2, -0.15) is 0 Å². The highest BCUT2D eigenvalue weighted by Gasteiger charge is 2.24. The van der Waals surface area contributed by atoms with E-state index in [0.717, 1.165) is 45.2 Å². The van der Waals surface area contributed by atoms with Crippen molar-refractivity contribution in [1.29, 1.82) is 0 Å². The average molecular weight is 442 g/mol. The summed E-state index contributed by atoms with van der Waals surface area (Å²) in [5.41, 5.74) is 0. The van der Waals surface area contributed by atoms with Crippen molar-refractivity contribution < 1.29 is 14.3 Å². The summed E-state index contributed by atoms with van der Waals surface area (Å²) in [5, 5.41) is 6.03. The summed E-state index contributed by atoms with van der Waals surface area (Å²) in [6.07, 6.45) is 1.10. The van der Waals surface area contributed by atoms with Crippen LogP contribution in [0.1, 0.15) is 20.3 Å². The molecule has 0 aromatic rings. The molecule has 1 saturated heterocycles. The molecule has 136 valence electrons. The van der Waals surface area contributed by atoms with Crippen molar-refractivity contribution in [2.45, 2.75) is 20.3 Å².